The Morgan fingerprint density at radius 3 is 2.65 bits per heavy atom. The zero-order valence-electron chi connectivity index (χ0n) is 11.8. The van der Waals surface area contributed by atoms with Crippen LogP contribution in [0.2, 0.25) is 0 Å². The van der Waals surface area contributed by atoms with Crippen molar-refractivity contribution in [1.29, 1.82) is 0 Å². The van der Waals surface area contributed by atoms with E-state index in [9.17, 15) is 0 Å². The van der Waals surface area contributed by atoms with E-state index in [1.807, 2.05) is 23.7 Å². The van der Waals surface area contributed by atoms with Crippen LogP contribution in [0.3, 0.4) is 0 Å². The summed E-state index contributed by atoms with van der Waals surface area (Å²) in [4.78, 5) is 7.97. The lowest BCUT2D eigenvalue weighted by molar-refractivity contribution is 0.383. The van der Waals surface area contributed by atoms with Crippen LogP contribution in [0.1, 0.15) is 30.7 Å². The molecule has 4 heteroatoms. The number of anilines is 1. The molecule has 2 aromatic rings. The molecule has 0 unspecified atom stereocenters. The minimum atomic E-state index is 0.465. The Balaban J connectivity index is 1.51. The monoisotopic (exact) mass is 287 g/mol. The average Bonchev–Trinajstić information content (AvgIpc) is 3.03. The van der Waals surface area contributed by atoms with Gasteiger partial charge in [-0.25, -0.2) is 0 Å². The topological polar surface area (TPSA) is 28.2 Å². The van der Waals surface area contributed by atoms with Crippen molar-refractivity contribution in [3.63, 3.8) is 0 Å². The van der Waals surface area contributed by atoms with Crippen LogP contribution in [-0.2, 0) is 0 Å². The molecule has 3 heterocycles. The van der Waals surface area contributed by atoms with Gasteiger partial charge in [-0.05, 0) is 43.3 Å². The maximum atomic E-state index is 4.09. The summed E-state index contributed by atoms with van der Waals surface area (Å²) in [6.45, 7) is 4.51. The molecule has 1 N–H and O–H groups in total. The van der Waals surface area contributed by atoms with Gasteiger partial charge in [-0.1, -0.05) is 6.07 Å². The Hall–Kier alpha value is -1.39. The van der Waals surface area contributed by atoms with E-state index in [0.717, 1.165) is 13.1 Å². The number of hydrogen-bond acceptors (Lipinski definition) is 4. The molecule has 0 bridgehead atoms. The van der Waals surface area contributed by atoms with Crippen molar-refractivity contribution >= 4 is 17.0 Å². The molecule has 3 rings (SSSR count). The van der Waals surface area contributed by atoms with Crippen LogP contribution in [0.5, 0.6) is 0 Å². The highest BCUT2D eigenvalue weighted by molar-refractivity contribution is 7.10. The lowest BCUT2D eigenvalue weighted by Gasteiger charge is -2.35. The fourth-order valence-corrected chi connectivity index (χ4v) is 3.58. The molecule has 3 nitrogen and oxygen atoms in total. The van der Waals surface area contributed by atoms with Crippen LogP contribution in [-0.4, -0.2) is 24.1 Å². The predicted octanol–water partition coefficient (Wildman–Crippen LogP) is 3.46. The second-order valence-electron chi connectivity index (χ2n) is 5.37. The van der Waals surface area contributed by atoms with Crippen LogP contribution >= 0.6 is 11.3 Å². The Morgan fingerprint density at radius 1 is 1.25 bits per heavy atom. The van der Waals surface area contributed by atoms with Gasteiger partial charge < -0.3 is 10.2 Å². The summed E-state index contributed by atoms with van der Waals surface area (Å²) in [5.41, 5.74) is 1.30. The van der Waals surface area contributed by atoms with Gasteiger partial charge >= 0.3 is 0 Å². The molecule has 106 valence electrons. The summed E-state index contributed by atoms with van der Waals surface area (Å²) >= 11 is 1.84. The molecule has 0 spiro atoms. The third-order valence-corrected chi connectivity index (χ3v) is 5.03. The van der Waals surface area contributed by atoms with E-state index in [2.05, 4.69) is 51.8 Å². The van der Waals surface area contributed by atoms with E-state index in [1.54, 1.807) is 0 Å². The number of nitrogens with one attached hydrogen (secondary N) is 1. The molecule has 0 amide bonds. The zero-order valence-corrected chi connectivity index (χ0v) is 12.6. The number of pyridine rings is 1. The first kappa shape index (κ1) is 13.6. The molecule has 0 aromatic carbocycles. The Kier molecular flexibility index (Phi) is 4.33. The fraction of sp³-hybridized carbons (Fsp3) is 0.438. The zero-order chi connectivity index (χ0) is 13.8. The molecule has 1 aliphatic rings. The average molecular weight is 287 g/mol. The fourth-order valence-electron chi connectivity index (χ4n) is 2.83. The van der Waals surface area contributed by atoms with Gasteiger partial charge in [0, 0.05) is 48.1 Å². The van der Waals surface area contributed by atoms with Gasteiger partial charge in [0.05, 0.1) is 0 Å². The van der Waals surface area contributed by atoms with Gasteiger partial charge in [-0.15, -0.1) is 11.3 Å². The molecule has 2 aromatic heterocycles. The number of thiophene rings is 1. The quantitative estimate of drug-likeness (QED) is 0.933. The molecule has 0 saturated carbocycles. The van der Waals surface area contributed by atoms with Crippen LogP contribution in [0.4, 0.5) is 5.69 Å². The minimum Gasteiger partial charge on any atom is -0.371 e. The van der Waals surface area contributed by atoms with E-state index in [4.69, 9.17) is 0 Å². The molecule has 0 aliphatic carbocycles. The standard InChI is InChI=1S/C16H21N3S/c1-13(16-3-2-12-20-16)18-14-6-10-19(11-7-14)15-4-8-17-9-5-15/h2-5,8-9,12-14,18H,6-7,10-11H2,1H3/t13-/m1/s1. The summed E-state index contributed by atoms with van der Waals surface area (Å²) in [6, 6.07) is 9.64. The molecule has 20 heavy (non-hydrogen) atoms. The van der Waals surface area contributed by atoms with Crippen molar-refractivity contribution in [2.75, 3.05) is 18.0 Å². The summed E-state index contributed by atoms with van der Waals surface area (Å²) in [5.74, 6) is 0. The van der Waals surface area contributed by atoms with Crippen molar-refractivity contribution in [1.82, 2.24) is 10.3 Å². The van der Waals surface area contributed by atoms with Crippen molar-refractivity contribution in [3.8, 4) is 0 Å². The Labute approximate surface area is 124 Å². The van der Waals surface area contributed by atoms with Gasteiger partial charge in [-0.3, -0.25) is 4.98 Å². The number of nitrogens with zero attached hydrogens (tertiary/aromatic N) is 2. The normalized spacial score (nSPS) is 18.1. The smallest absolute Gasteiger partial charge is 0.0397 e. The largest absolute Gasteiger partial charge is 0.371 e. The van der Waals surface area contributed by atoms with Crippen LogP contribution in [0, 0.1) is 0 Å². The summed E-state index contributed by atoms with van der Waals surface area (Å²) < 4.78 is 0. The number of aromatic nitrogens is 1. The first-order valence-corrected chi connectivity index (χ1v) is 8.15. The summed E-state index contributed by atoms with van der Waals surface area (Å²) in [6.07, 6.45) is 6.16. The van der Waals surface area contributed by atoms with Crippen LogP contribution < -0.4 is 10.2 Å². The summed E-state index contributed by atoms with van der Waals surface area (Å²) in [5, 5.41) is 5.92. The maximum Gasteiger partial charge on any atom is 0.0397 e. The van der Waals surface area contributed by atoms with Gasteiger partial charge in [0.25, 0.3) is 0 Å². The molecule has 1 saturated heterocycles. The van der Waals surface area contributed by atoms with Crippen molar-refractivity contribution < 1.29 is 0 Å². The Bertz CT molecular complexity index is 504. The van der Waals surface area contributed by atoms with E-state index in [-0.39, 0.29) is 0 Å². The molecule has 1 fully saturated rings. The highest BCUT2D eigenvalue weighted by Crippen LogP contribution is 2.23. The van der Waals surface area contributed by atoms with Gasteiger partial charge in [0.15, 0.2) is 0 Å². The molecular formula is C16H21N3S. The van der Waals surface area contributed by atoms with Crippen molar-refractivity contribution in [2.45, 2.75) is 31.8 Å². The van der Waals surface area contributed by atoms with Crippen LogP contribution in [0.15, 0.2) is 42.0 Å². The molecule has 0 radical (unpaired) electrons. The summed E-state index contributed by atoms with van der Waals surface area (Å²) in [7, 11) is 0. The van der Waals surface area contributed by atoms with E-state index in [1.165, 1.54) is 23.4 Å². The van der Waals surface area contributed by atoms with Crippen molar-refractivity contribution in [2.24, 2.45) is 0 Å². The maximum absolute atomic E-state index is 4.09. The van der Waals surface area contributed by atoms with E-state index in [0.29, 0.717) is 12.1 Å². The second-order valence-corrected chi connectivity index (χ2v) is 6.35. The number of rotatable bonds is 4. The highest BCUT2D eigenvalue weighted by atomic mass is 32.1. The minimum absolute atomic E-state index is 0.465. The van der Waals surface area contributed by atoms with E-state index < -0.39 is 0 Å². The SMILES string of the molecule is C[C@@H](NC1CCN(c2ccncc2)CC1)c1cccs1. The van der Waals surface area contributed by atoms with Crippen molar-refractivity contribution in [3.05, 3.63) is 46.9 Å². The molecule has 1 atom stereocenters. The predicted molar refractivity (Wildman–Crippen MR) is 85.3 cm³/mol. The highest BCUT2D eigenvalue weighted by Gasteiger charge is 2.21. The lowest BCUT2D eigenvalue weighted by atomic mass is 10.0. The third kappa shape index (κ3) is 3.19. The number of hydrogen-bond donors (Lipinski definition) is 1. The first-order chi connectivity index (χ1) is 9.83. The lowest BCUT2D eigenvalue weighted by Crippen LogP contribution is -2.43. The number of piperidine rings is 1. The van der Waals surface area contributed by atoms with Crippen LogP contribution in [0.25, 0.3) is 0 Å². The van der Waals surface area contributed by atoms with Gasteiger partial charge in [0.2, 0.25) is 0 Å². The third-order valence-electron chi connectivity index (χ3n) is 3.98. The van der Waals surface area contributed by atoms with Gasteiger partial charge in [0.1, 0.15) is 0 Å². The van der Waals surface area contributed by atoms with E-state index >= 15 is 0 Å². The molecule has 1 aliphatic heterocycles. The molecular weight excluding hydrogens is 266 g/mol. The van der Waals surface area contributed by atoms with Gasteiger partial charge in [-0.2, -0.15) is 0 Å². The Morgan fingerprint density at radius 2 is 2.00 bits per heavy atom. The first-order valence-electron chi connectivity index (χ1n) is 7.27. The second kappa shape index (κ2) is 6.37.